The lowest BCUT2D eigenvalue weighted by Crippen LogP contribution is -2.34. The smallest absolute Gasteiger partial charge is 0.204 e. The van der Waals surface area contributed by atoms with Crippen molar-refractivity contribution in [2.45, 2.75) is 13.0 Å². The van der Waals surface area contributed by atoms with E-state index in [1.54, 1.807) is 0 Å². The predicted molar refractivity (Wildman–Crippen MR) is 50.5 cm³/mol. The molecule has 94 valence electrons. The first-order valence-corrected chi connectivity index (χ1v) is 5.99. The molecule has 0 atom stereocenters. The van der Waals surface area contributed by atoms with Crippen molar-refractivity contribution in [2.24, 2.45) is 0 Å². The van der Waals surface area contributed by atoms with E-state index < -0.39 is 34.4 Å². The number of nitrogens with zero attached hydrogens (tertiary/aromatic N) is 1. The topological polar surface area (TPSA) is 37.4 Å². The van der Waals surface area contributed by atoms with Gasteiger partial charge in [-0.1, -0.05) is 3.89 Å². The van der Waals surface area contributed by atoms with Gasteiger partial charge in [-0.2, -0.15) is 12.7 Å². The molecule has 0 fully saturated rings. The quantitative estimate of drug-likeness (QED) is 0.442. The second kappa shape index (κ2) is 3.95. The molecule has 0 saturated carbocycles. The molecule has 1 aliphatic heterocycles. The minimum atomic E-state index is -4.96. The maximum absolute atomic E-state index is 13.3. The van der Waals surface area contributed by atoms with E-state index in [1.807, 2.05) is 0 Å². The molecular formula is C9H7F4NO2S. The van der Waals surface area contributed by atoms with E-state index in [9.17, 15) is 25.5 Å². The fourth-order valence-corrected chi connectivity index (χ4v) is 2.36. The molecule has 1 aliphatic rings. The fraction of sp³-hybridized carbons (Fsp3) is 0.333. The van der Waals surface area contributed by atoms with Crippen LogP contribution < -0.4 is 0 Å². The van der Waals surface area contributed by atoms with Gasteiger partial charge in [-0.05, 0) is 18.1 Å². The molecule has 0 spiro atoms. The summed E-state index contributed by atoms with van der Waals surface area (Å²) in [6, 6.07) is 0.802. The summed E-state index contributed by atoms with van der Waals surface area (Å²) in [5.41, 5.74) is -0.169. The van der Waals surface area contributed by atoms with Crippen molar-refractivity contribution < 1.29 is 25.5 Å². The molecule has 0 aromatic heterocycles. The van der Waals surface area contributed by atoms with Gasteiger partial charge < -0.3 is 0 Å². The largest absolute Gasteiger partial charge is 0.375 e. The molecule has 0 amide bonds. The molecule has 3 nitrogen and oxygen atoms in total. The minimum absolute atomic E-state index is 0.0629. The monoisotopic (exact) mass is 269 g/mol. The lowest BCUT2D eigenvalue weighted by Gasteiger charge is -2.25. The fourth-order valence-electron chi connectivity index (χ4n) is 1.76. The summed E-state index contributed by atoms with van der Waals surface area (Å²) in [5, 5.41) is 0. The van der Waals surface area contributed by atoms with Crippen molar-refractivity contribution >= 4 is 10.4 Å². The van der Waals surface area contributed by atoms with Crippen molar-refractivity contribution in [3.63, 3.8) is 0 Å². The molecule has 0 radical (unpaired) electrons. The molecular weight excluding hydrogens is 262 g/mol. The van der Waals surface area contributed by atoms with E-state index in [2.05, 4.69) is 0 Å². The van der Waals surface area contributed by atoms with Gasteiger partial charge in [0.15, 0.2) is 17.5 Å². The lowest BCUT2D eigenvalue weighted by molar-refractivity contribution is 0.349. The van der Waals surface area contributed by atoms with Gasteiger partial charge >= 0.3 is 10.4 Å². The maximum atomic E-state index is 13.3. The van der Waals surface area contributed by atoms with Crippen molar-refractivity contribution in [3.05, 3.63) is 34.6 Å². The van der Waals surface area contributed by atoms with Crippen molar-refractivity contribution in [1.82, 2.24) is 4.31 Å². The Labute approximate surface area is 95.0 Å². The maximum Gasteiger partial charge on any atom is 0.375 e. The Morgan fingerprint density at radius 2 is 1.82 bits per heavy atom. The van der Waals surface area contributed by atoms with Gasteiger partial charge in [0.1, 0.15) is 0 Å². The highest BCUT2D eigenvalue weighted by Crippen LogP contribution is 2.27. The van der Waals surface area contributed by atoms with Gasteiger partial charge in [0.25, 0.3) is 0 Å². The summed E-state index contributed by atoms with van der Waals surface area (Å²) in [4.78, 5) is 0. The second-order valence-electron chi connectivity index (χ2n) is 3.65. The average Bonchev–Trinajstić information content (AvgIpc) is 2.24. The molecule has 0 unspecified atom stereocenters. The summed E-state index contributed by atoms with van der Waals surface area (Å²) in [5.74, 6) is -4.48. The molecule has 0 N–H and O–H groups in total. The second-order valence-corrected chi connectivity index (χ2v) is 4.99. The number of benzene rings is 1. The highest BCUT2D eigenvalue weighted by molar-refractivity contribution is 7.83. The van der Waals surface area contributed by atoms with Crippen LogP contribution in [0.3, 0.4) is 0 Å². The van der Waals surface area contributed by atoms with Gasteiger partial charge in [-0.15, -0.1) is 0 Å². The molecule has 0 saturated heterocycles. The summed E-state index contributed by atoms with van der Waals surface area (Å²) in [6.45, 7) is -0.854. The zero-order chi connectivity index (χ0) is 12.8. The molecule has 1 heterocycles. The Kier molecular flexibility index (Phi) is 2.86. The SMILES string of the molecule is O=S(=O)(F)N1CCc2cc(F)c(F)c(F)c2C1. The summed E-state index contributed by atoms with van der Waals surface area (Å²) >= 11 is 0. The van der Waals surface area contributed by atoms with Crippen LogP contribution in [0, 0.1) is 17.5 Å². The number of rotatable bonds is 1. The number of fused-ring (bicyclic) bond motifs is 1. The Balaban J connectivity index is 2.48. The van der Waals surface area contributed by atoms with Gasteiger partial charge in [0.2, 0.25) is 0 Å². The van der Waals surface area contributed by atoms with Gasteiger partial charge in [0, 0.05) is 18.7 Å². The van der Waals surface area contributed by atoms with E-state index in [4.69, 9.17) is 0 Å². The van der Waals surface area contributed by atoms with Crippen LogP contribution in [0.15, 0.2) is 6.07 Å². The third-order valence-electron chi connectivity index (χ3n) is 2.63. The Morgan fingerprint density at radius 1 is 1.18 bits per heavy atom. The van der Waals surface area contributed by atoms with Gasteiger partial charge in [-0.25, -0.2) is 13.2 Å². The number of hydrogen-bond donors (Lipinski definition) is 0. The molecule has 0 bridgehead atoms. The summed E-state index contributed by atoms with van der Waals surface area (Å²) in [6.07, 6.45) is -0.0629. The van der Waals surface area contributed by atoms with Crippen LogP contribution in [0.25, 0.3) is 0 Å². The van der Waals surface area contributed by atoms with Crippen LogP contribution in [0.2, 0.25) is 0 Å². The van der Waals surface area contributed by atoms with Crippen molar-refractivity contribution in [3.8, 4) is 0 Å². The zero-order valence-corrected chi connectivity index (χ0v) is 9.20. The highest BCUT2D eigenvalue weighted by atomic mass is 32.3. The first-order chi connectivity index (χ1) is 7.80. The van der Waals surface area contributed by atoms with E-state index in [0.717, 1.165) is 6.07 Å². The Morgan fingerprint density at radius 3 is 2.41 bits per heavy atom. The number of hydrogen-bond acceptors (Lipinski definition) is 2. The van der Waals surface area contributed by atoms with Crippen LogP contribution in [-0.2, 0) is 23.4 Å². The molecule has 8 heteroatoms. The van der Waals surface area contributed by atoms with Crippen molar-refractivity contribution in [1.29, 1.82) is 0 Å². The molecule has 1 aromatic carbocycles. The Bertz CT molecular complexity index is 573. The number of halogens is 4. The van der Waals surface area contributed by atoms with E-state index in [0.29, 0.717) is 4.31 Å². The Hall–Kier alpha value is -1.15. The van der Waals surface area contributed by atoms with Gasteiger partial charge in [-0.3, -0.25) is 0 Å². The first kappa shape index (κ1) is 12.3. The van der Waals surface area contributed by atoms with E-state index in [1.165, 1.54) is 0 Å². The summed E-state index contributed by atoms with van der Waals surface area (Å²) in [7, 11) is -4.96. The first-order valence-electron chi connectivity index (χ1n) is 4.65. The zero-order valence-electron chi connectivity index (χ0n) is 8.38. The highest BCUT2D eigenvalue weighted by Gasteiger charge is 2.30. The minimum Gasteiger partial charge on any atom is -0.204 e. The molecule has 0 aliphatic carbocycles. The van der Waals surface area contributed by atoms with E-state index >= 15 is 0 Å². The molecule has 2 rings (SSSR count). The average molecular weight is 269 g/mol. The molecule has 17 heavy (non-hydrogen) atoms. The molecule has 1 aromatic rings. The van der Waals surface area contributed by atoms with Crippen LogP contribution in [0.1, 0.15) is 11.1 Å². The normalized spacial score (nSPS) is 16.9. The van der Waals surface area contributed by atoms with Crippen molar-refractivity contribution in [2.75, 3.05) is 6.54 Å². The van der Waals surface area contributed by atoms with Crippen LogP contribution >= 0.6 is 0 Å². The van der Waals surface area contributed by atoms with Gasteiger partial charge in [0.05, 0.1) is 0 Å². The predicted octanol–water partition coefficient (Wildman–Crippen LogP) is 1.68. The third kappa shape index (κ3) is 2.14. The summed E-state index contributed by atoms with van der Waals surface area (Å²) < 4.78 is 73.5. The van der Waals surface area contributed by atoms with Crippen LogP contribution in [0.4, 0.5) is 17.1 Å². The van der Waals surface area contributed by atoms with E-state index in [-0.39, 0.29) is 24.1 Å². The standard InChI is InChI=1S/C9H7F4NO2S/c10-7-3-5-1-2-14(17(13,15)16)4-6(5)8(11)9(7)12/h3H,1-2,4H2. The van der Waals surface area contributed by atoms with Crippen LogP contribution in [0.5, 0.6) is 0 Å². The van der Waals surface area contributed by atoms with Crippen LogP contribution in [-0.4, -0.2) is 19.3 Å². The lowest BCUT2D eigenvalue weighted by atomic mass is 10.00. The third-order valence-corrected chi connectivity index (χ3v) is 3.56.